The highest BCUT2D eigenvalue weighted by molar-refractivity contribution is 7.05. The van der Waals surface area contributed by atoms with E-state index in [1.807, 2.05) is 24.3 Å². The van der Waals surface area contributed by atoms with Crippen LogP contribution in [0.25, 0.3) is 44.5 Å². The van der Waals surface area contributed by atoms with Crippen LogP contribution < -0.4 is 37.7 Å². The summed E-state index contributed by atoms with van der Waals surface area (Å²) in [5.74, 6) is -1.86. The van der Waals surface area contributed by atoms with Crippen molar-refractivity contribution >= 4 is 75.2 Å². The number of hydrogen-bond donors (Lipinski definition) is 2. The summed E-state index contributed by atoms with van der Waals surface area (Å²) in [7, 11) is 0. The molecule has 0 amide bonds. The molecule has 236 valence electrons. The van der Waals surface area contributed by atoms with E-state index in [2.05, 4.69) is 95.9 Å². The number of carbonyl (C=O) groups is 2. The second kappa shape index (κ2) is 9.99. The molecule has 4 aliphatic rings. The fourth-order valence-corrected chi connectivity index (χ4v) is 9.34. The standard InChI is InChI=1S/C44H25B2NO4/c48-43(49)26-15-11-24(12-16-26)28-19-20-30-31-6-3-10-37-40(31)46(36(30)23-28)35-9-4-8-34-42(35)47(37)38-22-21-29(25-13-17-27(18-14-25)44(50)51)39-32-5-1-2-7-33(32)45(34)41(38)39/h1-23H,(H,48,49)(H,50,51). The lowest BCUT2D eigenvalue weighted by atomic mass is 9.32. The Morgan fingerprint density at radius 3 is 1.75 bits per heavy atom. The third-order valence-electron chi connectivity index (χ3n) is 11.4. The SMILES string of the molecule is O=C(O)c1ccc(-c2ccc3c(c2)B2c4cccc5c4N(c4cccc-3c42)c2ccc(-c3ccc(C(=O)O)cc3)c3c2B5c2ccccc2-3)cc1. The second-order valence-electron chi connectivity index (χ2n) is 13.8. The molecular weight excluding hydrogens is 628 g/mol. The van der Waals surface area contributed by atoms with Gasteiger partial charge in [-0.2, -0.15) is 0 Å². The van der Waals surface area contributed by atoms with Gasteiger partial charge in [0.05, 0.1) is 11.1 Å². The number of para-hydroxylation sites is 1. The number of nitrogens with zero attached hydrogens (tertiary/aromatic N) is 1. The van der Waals surface area contributed by atoms with Crippen molar-refractivity contribution in [3.05, 3.63) is 151 Å². The Balaban J connectivity index is 1.14. The maximum Gasteiger partial charge on any atom is 0.335 e. The summed E-state index contributed by atoms with van der Waals surface area (Å²) < 4.78 is 0. The minimum absolute atomic E-state index is 0.0559. The average Bonchev–Trinajstić information content (AvgIpc) is 3.69. The van der Waals surface area contributed by atoms with Gasteiger partial charge in [0, 0.05) is 17.1 Å². The number of benzene rings is 7. The van der Waals surface area contributed by atoms with E-state index in [1.54, 1.807) is 24.3 Å². The first-order valence-corrected chi connectivity index (χ1v) is 17.1. The molecule has 51 heavy (non-hydrogen) atoms. The van der Waals surface area contributed by atoms with Crippen molar-refractivity contribution in [3.8, 4) is 44.5 Å². The van der Waals surface area contributed by atoms with E-state index in [1.165, 1.54) is 72.1 Å². The molecule has 5 nitrogen and oxygen atoms in total. The molecule has 4 aliphatic heterocycles. The first-order valence-electron chi connectivity index (χ1n) is 17.1. The van der Waals surface area contributed by atoms with E-state index >= 15 is 0 Å². The second-order valence-corrected chi connectivity index (χ2v) is 13.8. The molecule has 4 heterocycles. The number of carboxylic acid groups (broad SMARTS) is 2. The first-order chi connectivity index (χ1) is 25.0. The lowest BCUT2D eigenvalue weighted by Crippen LogP contribution is -2.62. The van der Waals surface area contributed by atoms with E-state index in [0.29, 0.717) is 0 Å². The van der Waals surface area contributed by atoms with Crippen LogP contribution >= 0.6 is 0 Å². The Bertz CT molecular complexity index is 2700. The van der Waals surface area contributed by atoms with Crippen LogP contribution in [0.1, 0.15) is 20.7 Å². The van der Waals surface area contributed by atoms with E-state index in [4.69, 9.17) is 0 Å². The van der Waals surface area contributed by atoms with Crippen LogP contribution in [0.4, 0.5) is 17.1 Å². The number of rotatable bonds is 4. The number of anilines is 3. The molecule has 0 spiro atoms. The molecule has 2 N–H and O–H groups in total. The lowest BCUT2D eigenvalue weighted by molar-refractivity contribution is 0.0686. The normalized spacial score (nSPS) is 13.3. The molecule has 7 heteroatoms. The van der Waals surface area contributed by atoms with Gasteiger partial charge in [0.2, 0.25) is 13.4 Å². The Kier molecular flexibility index (Phi) is 5.54. The highest BCUT2D eigenvalue weighted by Crippen LogP contribution is 2.46. The van der Waals surface area contributed by atoms with Gasteiger partial charge in [-0.25, -0.2) is 9.59 Å². The number of hydrogen-bond acceptors (Lipinski definition) is 3. The maximum atomic E-state index is 11.7. The molecule has 0 fully saturated rings. The largest absolute Gasteiger partial charge is 0.478 e. The first kappa shape index (κ1) is 28.3. The van der Waals surface area contributed by atoms with Crippen LogP contribution in [0.3, 0.4) is 0 Å². The Morgan fingerprint density at radius 1 is 0.451 bits per heavy atom. The molecule has 0 unspecified atom stereocenters. The molecule has 11 rings (SSSR count). The molecule has 0 atom stereocenters. The molecule has 0 aliphatic carbocycles. The maximum absolute atomic E-state index is 11.7. The van der Waals surface area contributed by atoms with Crippen molar-refractivity contribution in [2.24, 2.45) is 0 Å². The van der Waals surface area contributed by atoms with Gasteiger partial charge in [-0.3, -0.25) is 0 Å². The molecular formula is C44H25B2NO4. The summed E-state index contributed by atoms with van der Waals surface area (Å²) in [4.78, 5) is 25.7. The summed E-state index contributed by atoms with van der Waals surface area (Å²) in [6.45, 7) is 0.112. The van der Waals surface area contributed by atoms with Gasteiger partial charge >= 0.3 is 11.9 Å². The Morgan fingerprint density at radius 2 is 1.02 bits per heavy atom. The molecule has 0 saturated heterocycles. The number of carboxylic acids is 2. The van der Waals surface area contributed by atoms with Gasteiger partial charge in [0.1, 0.15) is 0 Å². The van der Waals surface area contributed by atoms with Crippen LogP contribution in [0.5, 0.6) is 0 Å². The van der Waals surface area contributed by atoms with Crippen LogP contribution in [0, 0.1) is 0 Å². The zero-order valence-electron chi connectivity index (χ0n) is 27.1. The fourth-order valence-electron chi connectivity index (χ4n) is 9.34. The predicted octanol–water partition coefficient (Wildman–Crippen LogP) is 5.51. The van der Waals surface area contributed by atoms with Crippen molar-refractivity contribution in [3.63, 3.8) is 0 Å². The van der Waals surface area contributed by atoms with Crippen LogP contribution in [-0.4, -0.2) is 35.6 Å². The third-order valence-corrected chi connectivity index (χ3v) is 11.4. The van der Waals surface area contributed by atoms with Gasteiger partial charge in [-0.1, -0.05) is 114 Å². The highest BCUT2D eigenvalue weighted by Gasteiger charge is 2.49. The van der Waals surface area contributed by atoms with Crippen LogP contribution in [-0.2, 0) is 0 Å². The minimum Gasteiger partial charge on any atom is -0.478 e. The van der Waals surface area contributed by atoms with E-state index in [0.717, 1.165) is 22.3 Å². The van der Waals surface area contributed by atoms with E-state index in [9.17, 15) is 19.8 Å². The van der Waals surface area contributed by atoms with Crippen molar-refractivity contribution in [2.45, 2.75) is 0 Å². The monoisotopic (exact) mass is 653 g/mol. The molecule has 7 aromatic rings. The zero-order chi connectivity index (χ0) is 34.1. The Hall–Kier alpha value is -6.59. The van der Waals surface area contributed by atoms with Crippen molar-refractivity contribution < 1.29 is 19.8 Å². The van der Waals surface area contributed by atoms with Gasteiger partial charge in [-0.05, 0) is 103 Å². The molecule has 0 radical (unpaired) electrons. The molecule has 0 bridgehead atoms. The van der Waals surface area contributed by atoms with Gasteiger partial charge in [-0.15, -0.1) is 0 Å². The zero-order valence-corrected chi connectivity index (χ0v) is 27.1. The van der Waals surface area contributed by atoms with Crippen molar-refractivity contribution in [2.75, 3.05) is 4.90 Å². The summed E-state index contributed by atoms with van der Waals surface area (Å²) in [6, 6.07) is 47.7. The highest BCUT2D eigenvalue weighted by atomic mass is 16.4. The topological polar surface area (TPSA) is 77.8 Å². The van der Waals surface area contributed by atoms with E-state index < -0.39 is 11.9 Å². The summed E-state index contributed by atoms with van der Waals surface area (Å²) in [6.07, 6.45) is 0. The summed E-state index contributed by atoms with van der Waals surface area (Å²) in [5.41, 5.74) is 21.0. The predicted molar refractivity (Wildman–Crippen MR) is 206 cm³/mol. The average molecular weight is 653 g/mol. The van der Waals surface area contributed by atoms with Gasteiger partial charge < -0.3 is 15.1 Å². The Labute approximate surface area is 294 Å². The van der Waals surface area contributed by atoms with Gasteiger partial charge in [0.25, 0.3) is 0 Å². The smallest absolute Gasteiger partial charge is 0.335 e. The van der Waals surface area contributed by atoms with Gasteiger partial charge in [0.15, 0.2) is 0 Å². The van der Waals surface area contributed by atoms with Crippen LogP contribution in [0.2, 0.25) is 0 Å². The number of aromatic carboxylic acids is 2. The minimum atomic E-state index is -0.930. The fraction of sp³-hybridized carbons (Fsp3) is 0. The van der Waals surface area contributed by atoms with Crippen LogP contribution in [0.15, 0.2) is 140 Å². The number of fused-ring (bicyclic) bond motifs is 10. The lowest BCUT2D eigenvalue weighted by Gasteiger charge is -2.42. The van der Waals surface area contributed by atoms with E-state index in [-0.39, 0.29) is 24.6 Å². The third kappa shape index (κ3) is 3.67. The summed E-state index contributed by atoms with van der Waals surface area (Å²) in [5, 5.41) is 19.0. The molecule has 0 saturated carbocycles. The molecule has 0 aromatic heterocycles. The molecule has 7 aromatic carbocycles. The summed E-state index contributed by atoms with van der Waals surface area (Å²) >= 11 is 0. The van der Waals surface area contributed by atoms with Crippen molar-refractivity contribution in [1.29, 1.82) is 0 Å². The quantitative estimate of drug-likeness (QED) is 0.245. The van der Waals surface area contributed by atoms with Crippen molar-refractivity contribution in [1.82, 2.24) is 0 Å².